The number of anilines is 1. The van der Waals surface area contributed by atoms with E-state index in [4.69, 9.17) is 9.47 Å². The number of nitrogens with zero attached hydrogens (tertiary/aromatic N) is 2. The fourth-order valence-electron chi connectivity index (χ4n) is 3.52. The van der Waals surface area contributed by atoms with Gasteiger partial charge in [0.05, 0.1) is 37.1 Å². The second-order valence-electron chi connectivity index (χ2n) is 9.24. The lowest BCUT2D eigenvalue weighted by Gasteiger charge is -2.20. The summed E-state index contributed by atoms with van der Waals surface area (Å²) in [4.78, 5) is 29.2. The molecular formula is C25H30N4O4S. The number of carbonyl (C=O) groups is 2. The van der Waals surface area contributed by atoms with E-state index in [1.165, 1.54) is 11.3 Å². The van der Waals surface area contributed by atoms with Crippen LogP contribution in [0.25, 0.3) is 11.3 Å². The lowest BCUT2D eigenvalue weighted by Crippen LogP contribution is -2.32. The summed E-state index contributed by atoms with van der Waals surface area (Å²) in [5, 5.41) is 7.79. The highest BCUT2D eigenvalue weighted by molar-refractivity contribution is 7.14. The van der Waals surface area contributed by atoms with Crippen molar-refractivity contribution in [2.45, 2.75) is 45.4 Å². The molecule has 1 saturated heterocycles. The van der Waals surface area contributed by atoms with E-state index in [0.29, 0.717) is 23.9 Å². The Kier molecular flexibility index (Phi) is 7.45. The number of nitrogens with one attached hydrogen (secondary N) is 2. The molecule has 4 rings (SSSR count). The number of amides is 2. The highest BCUT2D eigenvalue weighted by Gasteiger charge is 2.17. The summed E-state index contributed by atoms with van der Waals surface area (Å²) in [7, 11) is 0. The van der Waals surface area contributed by atoms with Crippen LogP contribution in [-0.4, -0.2) is 47.2 Å². The minimum Gasteiger partial charge on any atom is -0.379 e. The van der Waals surface area contributed by atoms with E-state index in [9.17, 15) is 9.59 Å². The predicted molar refractivity (Wildman–Crippen MR) is 132 cm³/mol. The first kappa shape index (κ1) is 24.1. The van der Waals surface area contributed by atoms with Gasteiger partial charge in [-0.2, -0.15) is 0 Å². The van der Waals surface area contributed by atoms with E-state index >= 15 is 0 Å². The molecule has 1 aromatic carbocycles. The maximum absolute atomic E-state index is 12.4. The number of hydrogen-bond donors (Lipinski definition) is 2. The van der Waals surface area contributed by atoms with Crippen LogP contribution in [0.4, 0.5) is 5.13 Å². The maximum atomic E-state index is 12.4. The van der Waals surface area contributed by atoms with Gasteiger partial charge >= 0.3 is 0 Å². The molecule has 1 fully saturated rings. The number of thiazole rings is 1. The van der Waals surface area contributed by atoms with Gasteiger partial charge in [0.15, 0.2) is 5.13 Å². The van der Waals surface area contributed by atoms with E-state index in [2.05, 4.69) is 36.4 Å². The molecule has 0 bridgehead atoms. The molecule has 2 amide bonds. The van der Waals surface area contributed by atoms with Crippen molar-refractivity contribution in [3.8, 4) is 11.3 Å². The zero-order valence-corrected chi connectivity index (χ0v) is 20.5. The molecule has 3 aromatic rings. The van der Waals surface area contributed by atoms with Crippen LogP contribution in [0.15, 0.2) is 48.1 Å². The summed E-state index contributed by atoms with van der Waals surface area (Å²) in [6, 6.07) is 9.76. The van der Waals surface area contributed by atoms with Crippen LogP contribution >= 0.6 is 11.3 Å². The molecule has 2 aromatic heterocycles. The summed E-state index contributed by atoms with van der Waals surface area (Å²) >= 11 is 1.34. The van der Waals surface area contributed by atoms with E-state index in [0.717, 1.165) is 29.8 Å². The van der Waals surface area contributed by atoms with Crippen molar-refractivity contribution < 1.29 is 19.1 Å². The minimum atomic E-state index is -0.328. The SMILES string of the molecule is CC(C)(C)n1ccc(C(=O)NCC(=O)Nc2nc(-c3cccc(CO[C@H]4CCOC4)c3)cs2)c1. The van der Waals surface area contributed by atoms with Gasteiger partial charge < -0.3 is 24.7 Å². The first-order valence-electron chi connectivity index (χ1n) is 11.3. The van der Waals surface area contributed by atoms with Gasteiger partial charge in [0.25, 0.3) is 5.91 Å². The Bertz CT molecular complexity index is 1140. The molecule has 8 nitrogen and oxygen atoms in total. The summed E-state index contributed by atoms with van der Waals surface area (Å²) in [6.45, 7) is 7.97. The average molecular weight is 483 g/mol. The molecule has 1 aliphatic heterocycles. The van der Waals surface area contributed by atoms with Gasteiger partial charge in [0, 0.05) is 35.5 Å². The lowest BCUT2D eigenvalue weighted by molar-refractivity contribution is -0.115. The Morgan fingerprint density at radius 3 is 2.88 bits per heavy atom. The number of hydrogen-bond acceptors (Lipinski definition) is 6. The molecular weight excluding hydrogens is 452 g/mol. The van der Waals surface area contributed by atoms with Crippen molar-refractivity contribution in [1.82, 2.24) is 14.9 Å². The number of benzene rings is 1. The van der Waals surface area contributed by atoms with Gasteiger partial charge in [-0.05, 0) is 44.9 Å². The Balaban J connectivity index is 1.28. The third-order valence-electron chi connectivity index (χ3n) is 5.49. The molecule has 0 radical (unpaired) electrons. The molecule has 1 atom stereocenters. The fraction of sp³-hybridized carbons (Fsp3) is 0.400. The first-order chi connectivity index (χ1) is 16.3. The Labute approximate surface area is 203 Å². The Hall–Kier alpha value is -3.01. The summed E-state index contributed by atoms with van der Waals surface area (Å²) in [5.74, 6) is -0.619. The highest BCUT2D eigenvalue weighted by Crippen LogP contribution is 2.26. The molecule has 180 valence electrons. The molecule has 34 heavy (non-hydrogen) atoms. The van der Waals surface area contributed by atoms with Gasteiger partial charge in [0.1, 0.15) is 0 Å². The smallest absolute Gasteiger partial charge is 0.253 e. The van der Waals surface area contributed by atoms with Crippen molar-refractivity contribution in [1.29, 1.82) is 0 Å². The molecule has 9 heteroatoms. The molecule has 3 heterocycles. The summed E-state index contributed by atoms with van der Waals surface area (Å²) in [5.41, 5.74) is 3.20. The maximum Gasteiger partial charge on any atom is 0.253 e. The lowest BCUT2D eigenvalue weighted by atomic mass is 10.1. The van der Waals surface area contributed by atoms with Crippen molar-refractivity contribution in [2.75, 3.05) is 25.1 Å². The van der Waals surface area contributed by atoms with Crippen molar-refractivity contribution in [3.05, 3.63) is 59.2 Å². The predicted octanol–water partition coefficient (Wildman–Crippen LogP) is 4.04. The van der Waals surface area contributed by atoms with Crippen LogP contribution in [0.3, 0.4) is 0 Å². The second kappa shape index (κ2) is 10.5. The van der Waals surface area contributed by atoms with E-state index in [1.54, 1.807) is 12.3 Å². The van der Waals surface area contributed by atoms with E-state index in [-0.39, 0.29) is 30.0 Å². The second-order valence-corrected chi connectivity index (χ2v) is 10.1. The van der Waals surface area contributed by atoms with Crippen LogP contribution in [-0.2, 0) is 26.4 Å². The van der Waals surface area contributed by atoms with Crippen LogP contribution in [0.5, 0.6) is 0 Å². The monoisotopic (exact) mass is 482 g/mol. The topological polar surface area (TPSA) is 94.5 Å². The minimum absolute atomic E-state index is 0.115. The van der Waals surface area contributed by atoms with Crippen LogP contribution in [0, 0.1) is 0 Å². The van der Waals surface area contributed by atoms with Gasteiger partial charge in [-0.25, -0.2) is 4.98 Å². The fourth-order valence-corrected chi connectivity index (χ4v) is 4.25. The third kappa shape index (κ3) is 6.31. The third-order valence-corrected chi connectivity index (χ3v) is 6.24. The van der Waals surface area contributed by atoms with E-state index in [1.807, 2.05) is 40.4 Å². The number of aromatic nitrogens is 2. The van der Waals surface area contributed by atoms with Gasteiger partial charge in [0.2, 0.25) is 5.91 Å². The largest absolute Gasteiger partial charge is 0.379 e. The molecule has 0 saturated carbocycles. The van der Waals surface area contributed by atoms with Gasteiger partial charge in [-0.3, -0.25) is 9.59 Å². The Morgan fingerprint density at radius 2 is 2.15 bits per heavy atom. The van der Waals surface area contributed by atoms with Crippen LogP contribution < -0.4 is 10.6 Å². The Morgan fingerprint density at radius 1 is 1.29 bits per heavy atom. The summed E-state index contributed by atoms with van der Waals surface area (Å²) in [6.07, 6.45) is 4.72. The standard InChI is InChI=1S/C25H30N4O4S/c1-25(2,3)29-9-7-19(13-29)23(31)26-12-22(30)28-24-27-21(16-34-24)18-6-4-5-17(11-18)14-33-20-8-10-32-15-20/h4-7,9,11,13,16,20H,8,10,12,14-15H2,1-3H3,(H,26,31)(H,27,28,30)/t20-/m0/s1. The molecule has 0 aliphatic carbocycles. The van der Waals surface area contributed by atoms with Crippen LogP contribution in [0.2, 0.25) is 0 Å². The highest BCUT2D eigenvalue weighted by atomic mass is 32.1. The van der Waals surface area contributed by atoms with Crippen molar-refractivity contribution in [3.63, 3.8) is 0 Å². The van der Waals surface area contributed by atoms with Crippen molar-refractivity contribution in [2.24, 2.45) is 0 Å². The van der Waals surface area contributed by atoms with E-state index < -0.39 is 0 Å². The molecule has 2 N–H and O–H groups in total. The molecule has 0 spiro atoms. The van der Waals surface area contributed by atoms with Crippen molar-refractivity contribution >= 4 is 28.3 Å². The number of carbonyl (C=O) groups excluding carboxylic acids is 2. The first-order valence-corrected chi connectivity index (χ1v) is 12.2. The number of rotatable bonds is 8. The average Bonchev–Trinajstić information content (AvgIpc) is 3.58. The van der Waals surface area contributed by atoms with Gasteiger partial charge in [-0.15, -0.1) is 11.3 Å². The zero-order chi connectivity index (χ0) is 24.1. The normalized spacial score (nSPS) is 15.9. The van der Waals surface area contributed by atoms with Gasteiger partial charge in [-0.1, -0.05) is 18.2 Å². The molecule has 0 unspecified atom stereocenters. The van der Waals surface area contributed by atoms with Crippen LogP contribution in [0.1, 0.15) is 43.1 Å². The summed E-state index contributed by atoms with van der Waals surface area (Å²) < 4.78 is 13.2. The quantitative estimate of drug-likeness (QED) is 0.505. The molecule has 1 aliphatic rings. The number of ether oxygens (including phenoxy) is 2. The zero-order valence-electron chi connectivity index (χ0n) is 19.7.